The molecule has 0 saturated heterocycles. The highest BCUT2D eigenvalue weighted by Crippen LogP contribution is 2.22. The van der Waals surface area contributed by atoms with E-state index in [4.69, 9.17) is 16.0 Å². The van der Waals surface area contributed by atoms with Gasteiger partial charge in [-0.2, -0.15) is 0 Å². The summed E-state index contributed by atoms with van der Waals surface area (Å²) < 4.78 is 5.52. The largest absolute Gasteiger partial charge is 0.465 e. The Labute approximate surface area is 116 Å². The zero-order chi connectivity index (χ0) is 13.2. The number of aryl methyl sites for hydroxylation is 1. The van der Waals surface area contributed by atoms with Gasteiger partial charge >= 0.3 is 0 Å². The van der Waals surface area contributed by atoms with Crippen LogP contribution in [0.15, 0.2) is 40.9 Å². The van der Waals surface area contributed by atoms with Crippen LogP contribution in [-0.4, -0.2) is 4.98 Å². The van der Waals surface area contributed by atoms with Crippen LogP contribution in [0.3, 0.4) is 0 Å². The van der Waals surface area contributed by atoms with Crippen LogP contribution in [0, 0.1) is 6.92 Å². The molecule has 2 N–H and O–H groups in total. The third kappa shape index (κ3) is 2.67. The molecule has 3 aromatic rings. The summed E-state index contributed by atoms with van der Waals surface area (Å²) in [6, 6.07) is 9.87. The first-order valence-corrected chi connectivity index (χ1v) is 6.62. The van der Waals surface area contributed by atoms with Crippen molar-refractivity contribution in [2.45, 2.75) is 20.0 Å². The van der Waals surface area contributed by atoms with Crippen LogP contribution >= 0.6 is 11.6 Å². The standard InChI is InChI=1S/C15H15ClN2O/c1-10-2-4-13(19-10)9-17-7-11-8-18-15-6-12(16)3-5-14(11)15/h2-6,8,17-18H,7,9H2,1H3. The molecule has 0 atom stereocenters. The van der Waals surface area contributed by atoms with E-state index in [1.165, 1.54) is 10.9 Å². The number of fused-ring (bicyclic) bond motifs is 1. The Bertz CT molecular complexity index is 699. The maximum Gasteiger partial charge on any atom is 0.117 e. The Hall–Kier alpha value is -1.71. The van der Waals surface area contributed by atoms with Crippen molar-refractivity contribution >= 4 is 22.5 Å². The van der Waals surface area contributed by atoms with Crippen molar-refractivity contribution in [1.29, 1.82) is 0 Å². The Morgan fingerprint density at radius 3 is 2.89 bits per heavy atom. The van der Waals surface area contributed by atoms with E-state index in [-0.39, 0.29) is 0 Å². The average Bonchev–Trinajstić information content (AvgIpc) is 2.96. The fraction of sp³-hybridized carbons (Fsp3) is 0.200. The number of H-pyrrole nitrogens is 1. The van der Waals surface area contributed by atoms with Crippen LogP contribution in [0.5, 0.6) is 0 Å². The quantitative estimate of drug-likeness (QED) is 0.755. The third-order valence-electron chi connectivity index (χ3n) is 3.14. The van der Waals surface area contributed by atoms with Crippen molar-refractivity contribution in [2.75, 3.05) is 0 Å². The van der Waals surface area contributed by atoms with E-state index in [1.54, 1.807) is 0 Å². The smallest absolute Gasteiger partial charge is 0.117 e. The maximum atomic E-state index is 5.97. The normalized spacial score (nSPS) is 11.3. The number of rotatable bonds is 4. The maximum absolute atomic E-state index is 5.97. The molecule has 2 aromatic heterocycles. The van der Waals surface area contributed by atoms with E-state index in [2.05, 4.69) is 10.3 Å². The molecule has 4 heteroatoms. The van der Waals surface area contributed by atoms with Gasteiger partial charge in [-0.1, -0.05) is 17.7 Å². The minimum atomic E-state index is 0.730. The fourth-order valence-electron chi connectivity index (χ4n) is 2.21. The van der Waals surface area contributed by atoms with Crippen molar-refractivity contribution in [3.63, 3.8) is 0 Å². The highest BCUT2D eigenvalue weighted by molar-refractivity contribution is 6.31. The summed E-state index contributed by atoms with van der Waals surface area (Å²) >= 11 is 5.97. The van der Waals surface area contributed by atoms with Crippen LogP contribution in [0.4, 0.5) is 0 Å². The molecule has 0 bridgehead atoms. The van der Waals surface area contributed by atoms with E-state index < -0.39 is 0 Å². The van der Waals surface area contributed by atoms with Crippen LogP contribution in [-0.2, 0) is 13.1 Å². The SMILES string of the molecule is Cc1ccc(CNCc2c[nH]c3cc(Cl)ccc23)o1. The number of hydrogen-bond donors (Lipinski definition) is 2. The van der Waals surface area contributed by atoms with Gasteiger partial charge in [0.25, 0.3) is 0 Å². The van der Waals surface area contributed by atoms with Crippen molar-refractivity contribution < 1.29 is 4.42 Å². The van der Waals surface area contributed by atoms with Crippen molar-refractivity contribution in [3.05, 3.63) is 58.6 Å². The molecule has 0 aliphatic heterocycles. The predicted octanol–water partition coefficient (Wildman–Crippen LogP) is 4.01. The Kier molecular flexibility index (Phi) is 3.32. The molecule has 19 heavy (non-hydrogen) atoms. The van der Waals surface area contributed by atoms with Gasteiger partial charge in [0.2, 0.25) is 0 Å². The highest BCUT2D eigenvalue weighted by atomic mass is 35.5. The summed E-state index contributed by atoms with van der Waals surface area (Å²) in [5.74, 6) is 1.90. The molecule has 0 spiro atoms. The van der Waals surface area contributed by atoms with Crippen LogP contribution in [0.2, 0.25) is 5.02 Å². The van der Waals surface area contributed by atoms with Gasteiger partial charge in [0.15, 0.2) is 0 Å². The molecule has 0 fully saturated rings. The van der Waals surface area contributed by atoms with E-state index in [0.29, 0.717) is 0 Å². The minimum absolute atomic E-state index is 0.730. The molecule has 3 nitrogen and oxygen atoms in total. The van der Waals surface area contributed by atoms with E-state index >= 15 is 0 Å². The van der Waals surface area contributed by atoms with Crippen molar-refractivity contribution in [2.24, 2.45) is 0 Å². The van der Waals surface area contributed by atoms with Gasteiger partial charge in [-0.05, 0) is 36.8 Å². The lowest BCUT2D eigenvalue weighted by Crippen LogP contribution is -2.11. The van der Waals surface area contributed by atoms with Gasteiger partial charge in [0.05, 0.1) is 6.54 Å². The van der Waals surface area contributed by atoms with E-state index in [9.17, 15) is 0 Å². The van der Waals surface area contributed by atoms with Crippen LogP contribution in [0.1, 0.15) is 17.1 Å². The first-order chi connectivity index (χ1) is 9.22. The van der Waals surface area contributed by atoms with E-state index in [1.807, 2.05) is 43.5 Å². The van der Waals surface area contributed by atoms with Crippen molar-refractivity contribution in [1.82, 2.24) is 10.3 Å². The molecule has 0 radical (unpaired) electrons. The molecule has 0 unspecified atom stereocenters. The number of aromatic nitrogens is 1. The average molecular weight is 275 g/mol. The number of benzene rings is 1. The number of furan rings is 1. The highest BCUT2D eigenvalue weighted by Gasteiger charge is 2.04. The zero-order valence-electron chi connectivity index (χ0n) is 10.7. The second kappa shape index (κ2) is 5.11. The van der Waals surface area contributed by atoms with Gasteiger partial charge in [0.1, 0.15) is 11.5 Å². The Balaban J connectivity index is 1.68. The molecular weight excluding hydrogens is 260 g/mol. The molecule has 0 saturated carbocycles. The summed E-state index contributed by atoms with van der Waals surface area (Å²) in [4.78, 5) is 3.23. The Morgan fingerprint density at radius 1 is 1.21 bits per heavy atom. The lowest BCUT2D eigenvalue weighted by atomic mass is 10.2. The third-order valence-corrected chi connectivity index (χ3v) is 3.38. The van der Waals surface area contributed by atoms with Gasteiger partial charge in [0, 0.05) is 28.7 Å². The monoisotopic (exact) mass is 274 g/mol. The molecule has 98 valence electrons. The first-order valence-electron chi connectivity index (χ1n) is 6.24. The van der Waals surface area contributed by atoms with Crippen LogP contribution < -0.4 is 5.32 Å². The number of hydrogen-bond acceptors (Lipinski definition) is 2. The summed E-state index contributed by atoms with van der Waals surface area (Å²) in [7, 11) is 0. The summed E-state index contributed by atoms with van der Waals surface area (Å²) in [5, 5.41) is 5.33. The molecule has 0 amide bonds. The van der Waals surface area contributed by atoms with Gasteiger partial charge < -0.3 is 14.7 Å². The number of aromatic amines is 1. The fourth-order valence-corrected chi connectivity index (χ4v) is 2.38. The van der Waals surface area contributed by atoms with Crippen molar-refractivity contribution in [3.8, 4) is 0 Å². The van der Waals surface area contributed by atoms with Gasteiger partial charge in [-0.25, -0.2) is 0 Å². The lowest BCUT2D eigenvalue weighted by molar-refractivity contribution is 0.462. The summed E-state index contributed by atoms with van der Waals surface area (Å²) in [5.41, 5.74) is 2.30. The minimum Gasteiger partial charge on any atom is -0.465 e. The second-order valence-electron chi connectivity index (χ2n) is 4.62. The molecule has 0 aliphatic rings. The summed E-state index contributed by atoms with van der Waals surface area (Å²) in [6.07, 6.45) is 2.02. The van der Waals surface area contributed by atoms with Gasteiger partial charge in [-0.3, -0.25) is 0 Å². The molecule has 2 heterocycles. The topological polar surface area (TPSA) is 41.0 Å². The Morgan fingerprint density at radius 2 is 2.11 bits per heavy atom. The first kappa shape index (κ1) is 12.3. The lowest BCUT2D eigenvalue weighted by Gasteiger charge is -2.02. The van der Waals surface area contributed by atoms with E-state index in [0.717, 1.165) is 35.1 Å². The molecule has 3 rings (SSSR count). The zero-order valence-corrected chi connectivity index (χ0v) is 11.4. The second-order valence-corrected chi connectivity index (χ2v) is 5.06. The predicted molar refractivity (Wildman–Crippen MR) is 77.3 cm³/mol. The summed E-state index contributed by atoms with van der Waals surface area (Å²) in [6.45, 7) is 3.47. The van der Waals surface area contributed by atoms with Crippen LogP contribution in [0.25, 0.3) is 10.9 Å². The molecule has 0 aliphatic carbocycles. The molecule has 1 aromatic carbocycles. The van der Waals surface area contributed by atoms with Gasteiger partial charge in [-0.15, -0.1) is 0 Å². The number of nitrogens with one attached hydrogen (secondary N) is 2. The number of halogens is 1. The molecular formula is C15H15ClN2O.